The molecule has 2 aromatic rings. The number of benzene rings is 2. The lowest BCUT2D eigenvalue weighted by Gasteiger charge is -2.35. The Labute approximate surface area is 138 Å². The molecule has 2 aliphatic heterocycles. The quantitative estimate of drug-likeness (QED) is 0.832. The molecular formula is C20H24N2O. The van der Waals surface area contributed by atoms with Gasteiger partial charge in [-0.25, -0.2) is 0 Å². The van der Waals surface area contributed by atoms with Crippen LogP contribution >= 0.6 is 0 Å². The van der Waals surface area contributed by atoms with Crippen LogP contribution in [0.25, 0.3) is 0 Å². The molecule has 2 aliphatic rings. The molecule has 3 nitrogen and oxygen atoms in total. The van der Waals surface area contributed by atoms with Gasteiger partial charge in [0, 0.05) is 24.3 Å². The van der Waals surface area contributed by atoms with Crippen LogP contribution in [0.3, 0.4) is 0 Å². The molecule has 23 heavy (non-hydrogen) atoms. The number of likely N-dealkylation sites (tertiary alicyclic amines) is 1. The summed E-state index contributed by atoms with van der Waals surface area (Å²) < 4.78 is 6.06. The maximum absolute atomic E-state index is 6.06. The fourth-order valence-electron chi connectivity index (χ4n) is 3.86. The zero-order valence-corrected chi connectivity index (χ0v) is 13.7. The Hall–Kier alpha value is -2.00. The second kappa shape index (κ2) is 6.25. The van der Waals surface area contributed by atoms with Crippen molar-refractivity contribution in [3.05, 3.63) is 54.1 Å². The number of ether oxygens (including phenoxy) is 1. The van der Waals surface area contributed by atoms with Crippen molar-refractivity contribution in [1.82, 2.24) is 4.90 Å². The second-order valence-electron chi connectivity index (χ2n) is 6.77. The molecule has 0 aliphatic carbocycles. The Morgan fingerprint density at radius 1 is 1.04 bits per heavy atom. The number of rotatable bonds is 2. The minimum atomic E-state index is 0.647. The van der Waals surface area contributed by atoms with Gasteiger partial charge in [0.1, 0.15) is 12.4 Å². The van der Waals surface area contributed by atoms with Crippen LogP contribution in [-0.4, -0.2) is 31.6 Å². The maximum Gasteiger partial charge on any atom is 0.143 e. The summed E-state index contributed by atoms with van der Waals surface area (Å²) in [7, 11) is 2.24. The summed E-state index contributed by atoms with van der Waals surface area (Å²) in [5.74, 6) is 1.70. The Balaban J connectivity index is 1.71. The molecule has 3 heteroatoms. The van der Waals surface area contributed by atoms with Crippen LogP contribution in [0, 0.1) is 5.92 Å². The summed E-state index contributed by atoms with van der Waals surface area (Å²) >= 11 is 0. The highest BCUT2D eigenvalue weighted by atomic mass is 16.5. The number of piperidine rings is 1. The summed E-state index contributed by atoms with van der Waals surface area (Å²) in [5.41, 5.74) is 3.77. The van der Waals surface area contributed by atoms with Crippen molar-refractivity contribution < 1.29 is 4.74 Å². The summed E-state index contributed by atoms with van der Waals surface area (Å²) in [6, 6.07) is 17.1. The minimum absolute atomic E-state index is 0.647. The second-order valence-corrected chi connectivity index (χ2v) is 6.77. The van der Waals surface area contributed by atoms with Crippen molar-refractivity contribution in [2.75, 3.05) is 31.6 Å². The monoisotopic (exact) mass is 308 g/mol. The molecule has 0 aromatic heterocycles. The van der Waals surface area contributed by atoms with E-state index < -0.39 is 0 Å². The van der Waals surface area contributed by atoms with Crippen LogP contribution in [0.15, 0.2) is 48.5 Å². The fraction of sp³-hybridized carbons (Fsp3) is 0.400. The first kappa shape index (κ1) is 14.6. The van der Waals surface area contributed by atoms with Crippen molar-refractivity contribution in [1.29, 1.82) is 0 Å². The summed E-state index contributed by atoms with van der Waals surface area (Å²) in [6.07, 6.45) is 2.61. The molecule has 0 unspecified atom stereocenters. The molecular weight excluding hydrogens is 284 g/mol. The zero-order valence-electron chi connectivity index (χ0n) is 13.7. The van der Waals surface area contributed by atoms with Gasteiger partial charge >= 0.3 is 0 Å². The molecule has 1 saturated heterocycles. The third-order valence-corrected chi connectivity index (χ3v) is 4.98. The molecule has 0 saturated carbocycles. The molecule has 0 amide bonds. The summed E-state index contributed by atoms with van der Waals surface area (Å²) in [5, 5.41) is 0. The van der Waals surface area contributed by atoms with Gasteiger partial charge in [-0.15, -0.1) is 0 Å². The average Bonchev–Trinajstić information content (AvgIpc) is 2.73. The van der Waals surface area contributed by atoms with Gasteiger partial charge in [0.15, 0.2) is 0 Å². The zero-order chi connectivity index (χ0) is 15.6. The van der Waals surface area contributed by atoms with Crippen molar-refractivity contribution in [2.24, 2.45) is 5.92 Å². The van der Waals surface area contributed by atoms with Gasteiger partial charge in [-0.3, -0.25) is 0 Å². The SMILES string of the molecule is CN1CCC[C@H](CN2c3ccccc3COc3ccccc32)C1. The van der Waals surface area contributed by atoms with Gasteiger partial charge in [0.25, 0.3) is 0 Å². The average molecular weight is 308 g/mol. The van der Waals surface area contributed by atoms with Crippen molar-refractivity contribution in [2.45, 2.75) is 19.4 Å². The molecule has 0 bridgehead atoms. The summed E-state index contributed by atoms with van der Waals surface area (Å²) in [4.78, 5) is 4.93. The number of para-hydroxylation sites is 3. The van der Waals surface area contributed by atoms with E-state index in [1.807, 2.05) is 0 Å². The predicted molar refractivity (Wildman–Crippen MR) is 94.4 cm³/mol. The Morgan fingerprint density at radius 2 is 1.83 bits per heavy atom. The molecule has 2 heterocycles. The van der Waals surface area contributed by atoms with E-state index in [1.165, 1.54) is 42.9 Å². The topological polar surface area (TPSA) is 15.7 Å². The van der Waals surface area contributed by atoms with Gasteiger partial charge in [-0.1, -0.05) is 30.3 Å². The van der Waals surface area contributed by atoms with Crippen LogP contribution in [0.4, 0.5) is 11.4 Å². The smallest absolute Gasteiger partial charge is 0.143 e. The van der Waals surface area contributed by atoms with Crippen molar-refractivity contribution in [3.63, 3.8) is 0 Å². The molecule has 0 spiro atoms. The molecule has 0 radical (unpaired) electrons. The maximum atomic E-state index is 6.06. The van der Waals surface area contributed by atoms with Gasteiger partial charge < -0.3 is 14.5 Å². The molecule has 1 atom stereocenters. The summed E-state index contributed by atoms with van der Waals surface area (Å²) in [6.45, 7) is 4.12. The van der Waals surface area contributed by atoms with E-state index in [-0.39, 0.29) is 0 Å². The Morgan fingerprint density at radius 3 is 2.70 bits per heavy atom. The molecule has 0 N–H and O–H groups in total. The van der Waals surface area contributed by atoms with Gasteiger partial charge in [-0.2, -0.15) is 0 Å². The van der Waals surface area contributed by atoms with E-state index in [2.05, 4.69) is 65.4 Å². The molecule has 2 aromatic carbocycles. The largest absolute Gasteiger partial charge is 0.487 e. The van der Waals surface area contributed by atoms with E-state index in [0.717, 1.165) is 12.3 Å². The standard InChI is InChI=1S/C20H24N2O/c1-21-12-6-7-16(13-21)14-22-18-9-3-2-8-17(18)15-23-20-11-5-4-10-19(20)22/h2-5,8-11,16H,6-7,12-15H2,1H3/t16-/m0/s1. The Bertz CT molecular complexity index is 637. The minimum Gasteiger partial charge on any atom is -0.487 e. The predicted octanol–water partition coefficient (Wildman–Crippen LogP) is 4.06. The van der Waals surface area contributed by atoms with Crippen molar-refractivity contribution in [3.8, 4) is 5.75 Å². The highest BCUT2D eigenvalue weighted by Gasteiger charge is 2.25. The first-order valence-electron chi connectivity index (χ1n) is 8.57. The highest BCUT2D eigenvalue weighted by molar-refractivity contribution is 5.72. The first-order valence-corrected chi connectivity index (χ1v) is 8.57. The fourth-order valence-corrected chi connectivity index (χ4v) is 3.86. The lowest BCUT2D eigenvalue weighted by molar-refractivity contribution is 0.214. The van der Waals surface area contributed by atoms with Gasteiger partial charge in [-0.05, 0) is 50.6 Å². The lowest BCUT2D eigenvalue weighted by Crippen LogP contribution is -2.38. The first-order chi connectivity index (χ1) is 11.3. The van der Waals surface area contributed by atoms with E-state index in [9.17, 15) is 0 Å². The number of hydrogen-bond donors (Lipinski definition) is 0. The van der Waals surface area contributed by atoms with E-state index in [1.54, 1.807) is 0 Å². The van der Waals surface area contributed by atoms with E-state index >= 15 is 0 Å². The van der Waals surface area contributed by atoms with Crippen molar-refractivity contribution >= 4 is 11.4 Å². The van der Waals surface area contributed by atoms with E-state index in [4.69, 9.17) is 4.74 Å². The van der Waals surface area contributed by atoms with Gasteiger partial charge in [0.2, 0.25) is 0 Å². The number of nitrogens with zero attached hydrogens (tertiary/aromatic N) is 2. The van der Waals surface area contributed by atoms with E-state index in [0.29, 0.717) is 12.5 Å². The molecule has 4 rings (SSSR count). The number of anilines is 2. The van der Waals surface area contributed by atoms with Crippen LogP contribution in [0.2, 0.25) is 0 Å². The van der Waals surface area contributed by atoms with Gasteiger partial charge in [0.05, 0.1) is 5.69 Å². The van der Waals surface area contributed by atoms with Crippen LogP contribution in [0.1, 0.15) is 18.4 Å². The number of hydrogen-bond acceptors (Lipinski definition) is 3. The lowest BCUT2D eigenvalue weighted by atomic mass is 9.97. The molecule has 1 fully saturated rings. The Kier molecular flexibility index (Phi) is 3.96. The van der Waals surface area contributed by atoms with Crippen LogP contribution in [-0.2, 0) is 6.61 Å². The number of fused-ring (bicyclic) bond motifs is 2. The van der Waals surface area contributed by atoms with Crippen LogP contribution in [0.5, 0.6) is 5.75 Å². The third-order valence-electron chi connectivity index (χ3n) is 4.98. The normalized spacial score (nSPS) is 21.1. The van der Waals surface area contributed by atoms with Crippen LogP contribution < -0.4 is 9.64 Å². The third kappa shape index (κ3) is 2.93. The molecule has 120 valence electrons. The highest BCUT2D eigenvalue weighted by Crippen LogP contribution is 2.40.